The van der Waals surface area contributed by atoms with Gasteiger partial charge in [0.05, 0.1) is 5.60 Å². The lowest BCUT2D eigenvalue weighted by atomic mass is 9.94. The number of hydrogen-bond donors (Lipinski definition) is 1. The minimum absolute atomic E-state index is 0.791. The number of rotatable bonds is 2. The summed E-state index contributed by atoms with van der Waals surface area (Å²) in [4.78, 5) is 0. The van der Waals surface area contributed by atoms with Crippen molar-refractivity contribution in [2.75, 3.05) is 0 Å². The van der Waals surface area contributed by atoms with E-state index >= 15 is 0 Å². The first-order chi connectivity index (χ1) is 9.97. The van der Waals surface area contributed by atoms with Crippen LogP contribution in [0.3, 0.4) is 0 Å². The lowest BCUT2D eigenvalue weighted by Gasteiger charge is -2.18. The summed E-state index contributed by atoms with van der Waals surface area (Å²) in [6.07, 6.45) is 0. The monoisotopic (exact) mass is 286 g/mol. The molecule has 1 nitrogen and oxygen atoms in total. The summed E-state index contributed by atoms with van der Waals surface area (Å²) in [5, 5.41) is 10.0. The van der Waals surface area contributed by atoms with Crippen LogP contribution in [0.1, 0.15) is 52.7 Å². The van der Waals surface area contributed by atoms with Crippen LogP contribution in [0.15, 0.2) is 48.5 Å². The molecule has 1 heteroatoms. The van der Waals surface area contributed by atoms with Crippen molar-refractivity contribution in [3.63, 3.8) is 0 Å². The molecule has 0 atom stereocenters. The molecule has 0 heterocycles. The zero-order chi connectivity index (χ0) is 16.5. The summed E-state index contributed by atoms with van der Waals surface area (Å²) in [5.74, 6) is 0. The van der Waals surface area contributed by atoms with E-state index in [-0.39, 0.29) is 0 Å². The Morgan fingerprint density at radius 1 is 0.762 bits per heavy atom. The number of aliphatic hydroxyl groups is 1. The van der Waals surface area contributed by atoms with E-state index in [1.54, 1.807) is 13.8 Å². The van der Waals surface area contributed by atoms with Crippen molar-refractivity contribution in [3.8, 4) is 11.1 Å². The molecular formula is C20H30O. The van der Waals surface area contributed by atoms with Gasteiger partial charge in [-0.3, -0.25) is 0 Å². The summed E-state index contributed by atoms with van der Waals surface area (Å²) < 4.78 is 0. The lowest BCUT2D eigenvalue weighted by molar-refractivity contribution is 0.0786. The van der Waals surface area contributed by atoms with Crippen LogP contribution >= 0.6 is 0 Å². The van der Waals surface area contributed by atoms with Gasteiger partial charge in [-0.15, -0.1) is 0 Å². The third-order valence-electron chi connectivity index (χ3n) is 2.95. The van der Waals surface area contributed by atoms with Crippen LogP contribution in [0.2, 0.25) is 0 Å². The molecule has 0 radical (unpaired) electrons. The van der Waals surface area contributed by atoms with Gasteiger partial charge < -0.3 is 5.11 Å². The van der Waals surface area contributed by atoms with Gasteiger partial charge in [-0.05, 0) is 43.5 Å². The van der Waals surface area contributed by atoms with E-state index in [1.165, 1.54) is 11.1 Å². The molecule has 2 aromatic rings. The second kappa shape index (κ2) is 9.36. The lowest BCUT2D eigenvalue weighted by Crippen LogP contribution is -2.15. The quantitative estimate of drug-likeness (QED) is 0.724. The van der Waals surface area contributed by atoms with Crippen LogP contribution in [0.4, 0.5) is 0 Å². The van der Waals surface area contributed by atoms with E-state index in [0.717, 1.165) is 11.1 Å². The Labute approximate surface area is 130 Å². The average molecular weight is 286 g/mol. The third-order valence-corrected chi connectivity index (χ3v) is 2.95. The standard InChI is InChI=1S/C16H18O.2C2H6/c1-12-7-9-13(10-8-12)14-5-4-6-15(11-14)16(2,3)17;2*1-2/h4-11,17H,1-3H3;2*1-2H3. The predicted molar refractivity (Wildman–Crippen MR) is 94.6 cm³/mol. The second-order valence-corrected chi connectivity index (χ2v) is 5.01. The maximum Gasteiger partial charge on any atom is 0.0840 e. The first kappa shape index (κ1) is 19.4. The van der Waals surface area contributed by atoms with Crippen molar-refractivity contribution in [1.29, 1.82) is 0 Å². The highest BCUT2D eigenvalue weighted by Gasteiger charge is 2.15. The van der Waals surface area contributed by atoms with Crippen LogP contribution in [0.25, 0.3) is 11.1 Å². The van der Waals surface area contributed by atoms with Crippen molar-refractivity contribution in [2.45, 2.75) is 54.1 Å². The van der Waals surface area contributed by atoms with Crippen LogP contribution < -0.4 is 0 Å². The summed E-state index contributed by atoms with van der Waals surface area (Å²) in [7, 11) is 0. The fraction of sp³-hybridized carbons (Fsp3) is 0.400. The first-order valence-corrected chi connectivity index (χ1v) is 7.87. The molecule has 1 N–H and O–H groups in total. The fourth-order valence-electron chi connectivity index (χ4n) is 1.83. The summed E-state index contributed by atoms with van der Waals surface area (Å²) in [6, 6.07) is 16.5. The second-order valence-electron chi connectivity index (χ2n) is 5.01. The normalized spacial score (nSPS) is 9.90. The number of hydrogen-bond acceptors (Lipinski definition) is 1. The summed E-state index contributed by atoms with van der Waals surface area (Å²) in [6.45, 7) is 13.7. The molecule has 0 unspecified atom stereocenters. The van der Waals surface area contributed by atoms with Gasteiger partial charge in [-0.25, -0.2) is 0 Å². The highest BCUT2D eigenvalue weighted by atomic mass is 16.3. The van der Waals surface area contributed by atoms with Gasteiger partial charge in [-0.2, -0.15) is 0 Å². The number of aryl methyl sites for hydroxylation is 1. The molecule has 0 saturated carbocycles. The molecule has 2 rings (SSSR count). The highest BCUT2D eigenvalue weighted by Crippen LogP contribution is 2.26. The molecule has 0 amide bonds. The third kappa shape index (κ3) is 6.14. The Kier molecular flexibility index (Phi) is 8.64. The van der Waals surface area contributed by atoms with E-state index in [1.807, 2.05) is 45.9 Å². The van der Waals surface area contributed by atoms with Gasteiger partial charge in [0.15, 0.2) is 0 Å². The Bertz CT molecular complexity index is 504. The molecule has 0 spiro atoms. The van der Waals surface area contributed by atoms with Crippen molar-refractivity contribution < 1.29 is 5.11 Å². The molecule has 2 aromatic carbocycles. The van der Waals surface area contributed by atoms with Gasteiger partial charge in [0, 0.05) is 0 Å². The highest BCUT2D eigenvalue weighted by molar-refractivity contribution is 5.64. The van der Waals surface area contributed by atoms with Crippen LogP contribution in [-0.4, -0.2) is 5.11 Å². The Balaban J connectivity index is 0.000000921. The fourth-order valence-corrected chi connectivity index (χ4v) is 1.83. The summed E-state index contributed by atoms with van der Waals surface area (Å²) >= 11 is 0. The van der Waals surface area contributed by atoms with E-state index in [2.05, 4.69) is 37.3 Å². The molecular weight excluding hydrogens is 256 g/mol. The Morgan fingerprint density at radius 2 is 1.29 bits per heavy atom. The van der Waals surface area contributed by atoms with Gasteiger partial charge in [-0.1, -0.05) is 75.7 Å². The molecule has 0 fully saturated rings. The van der Waals surface area contributed by atoms with Crippen LogP contribution in [0.5, 0.6) is 0 Å². The molecule has 0 bridgehead atoms. The SMILES string of the molecule is CC.CC.Cc1ccc(-c2cccc(C(C)(C)O)c2)cc1. The van der Waals surface area contributed by atoms with Crippen LogP contribution in [0, 0.1) is 6.92 Å². The zero-order valence-corrected chi connectivity index (χ0v) is 14.6. The smallest absolute Gasteiger partial charge is 0.0840 e. The minimum Gasteiger partial charge on any atom is -0.386 e. The maximum absolute atomic E-state index is 10.0. The van der Waals surface area contributed by atoms with Gasteiger partial charge in [0.25, 0.3) is 0 Å². The average Bonchev–Trinajstić information content (AvgIpc) is 2.51. The molecule has 0 aliphatic rings. The van der Waals surface area contributed by atoms with Crippen LogP contribution in [-0.2, 0) is 5.60 Å². The predicted octanol–water partition coefficient (Wildman–Crippen LogP) is 5.94. The topological polar surface area (TPSA) is 20.2 Å². The molecule has 21 heavy (non-hydrogen) atoms. The van der Waals surface area contributed by atoms with Gasteiger partial charge in [0.1, 0.15) is 0 Å². The largest absolute Gasteiger partial charge is 0.386 e. The molecule has 0 saturated heterocycles. The minimum atomic E-state index is -0.791. The van der Waals surface area contributed by atoms with Gasteiger partial charge >= 0.3 is 0 Å². The molecule has 0 aliphatic carbocycles. The van der Waals surface area contributed by atoms with E-state index in [4.69, 9.17) is 0 Å². The van der Waals surface area contributed by atoms with Crippen molar-refractivity contribution in [1.82, 2.24) is 0 Å². The molecule has 116 valence electrons. The van der Waals surface area contributed by atoms with E-state index in [9.17, 15) is 5.11 Å². The molecule has 0 aromatic heterocycles. The summed E-state index contributed by atoms with van der Waals surface area (Å²) in [5.41, 5.74) is 3.73. The first-order valence-electron chi connectivity index (χ1n) is 7.87. The molecule has 0 aliphatic heterocycles. The van der Waals surface area contributed by atoms with Crippen molar-refractivity contribution in [2.24, 2.45) is 0 Å². The number of benzene rings is 2. The zero-order valence-electron chi connectivity index (χ0n) is 14.6. The van der Waals surface area contributed by atoms with Crippen molar-refractivity contribution >= 4 is 0 Å². The van der Waals surface area contributed by atoms with E-state index < -0.39 is 5.60 Å². The Morgan fingerprint density at radius 3 is 1.76 bits per heavy atom. The Hall–Kier alpha value is -1.60. The van der Waals surface area contributed by atoms with Gasteiger partial charge in [0.2, 0.25) is 0 Å². The van der Waals surface area contributed by atoms with E-state index in [0.29, 0.717) is 0 Å². The van der Waals surface area contributed by atoms with Crippen molar-refractivity contribution in [3.05, 3.63) is 59.7 Å². The maximum atomic E-state index is 10.0.